The van der Waals surface area contributed by atoms with Crippen molar-refractivity contribution in [3.8, 4) is 33.4 Å². The number of rotatable bonds is 3. The van der Waals surface area contributed by atoms with Gasteiger partial charge in [0.05, 0.1) is 0 Å². The van der Waals surface area contributed by atoms with E-state index >= 15 is 0 Å². The van der Waals surface area contributed by atoms with Crippen LogP contribution in [-0.4, -0.2) is 0 Å². The van der Waals surface area contributed by atoms with Gasteiger partial charge in [-0.2, -0.15) is 0 Å². The second-order valence-electron chi connectivity index (χ2n) is 10.4. The van der Waals surface area contributed by atoms with E-state index in [2.05, 4.69) is 147 Å². The highest BCUT2D eigenvalue weighted by atomic mass is 14.2. The normalized spacial score (nSPS) is 11.4. The predicted octanol–water partition coefficient (Wildman–Crippen LogP) is 10.8. The van der Waals surface area contributed by atoms with Crippen LogP contribution in [0, 0.1) is 13.8 Å². The smallest absolute Gasteiger partial charge is 0.00263 e. The van der Waals surface area contributed by atoms with E-state index in [4.69, 9.17) is 0 Å². The Labute approximate surface area is 223 Å². The zero-order valence-corrected chi connectivity index (χ0v) is 21.7. The first-order valence-corrected chi connectivity index (χ1v) is 13.3. The van der Waals surface area contributed by atoms with Crippen molar-refractivity contribution in [2.75, 3.05) is 0 Å². The average molecular weight is 485 g/mol. The zero-order valence-electron chi connectivity index (χ0n) is 21.7. The Morgan fingerprint density at radius 1 is 0.316 bits per heavy atom. The summed E-state index contributed by atoms with van der Waals surface area (Å²) >= 11 is 0. The number of aryl methyl sites for hydroxylation is 2. The molecule has 0 aliphatic carbocycles. The first-order valence-electron chi connectivity index (χ1n) is 13.3. The van der Waals surface area contributed by atoms with Gasteiger partial charge in [0.25, 0.3) is 0 Å². The zero-order chi connectivity index (χ0) is 25.6. The van der Waals surface area contributed by atoms with Crippen LogP contribution >= 0.6 is 0 Å². The molecule has 7 rings (SSSR count). The van der Waals surface area contributed by atoms with Gasteiger partial charge in [0, 0.05) is 0 Å². The van der Waals surface area contributed by atoms with Crippen LogP contribution < -0.4 is 0 Å². The molecule has 0 amide bonds. The lowest BCUT2D eigenvalue weighted by Gasteiger charge is -2.19. The fourth-order valence-corrected chi connectivity index (χ4v) is 5.88. The highest BCUT2D eigenvalue weighted by Crippen LogP contribution is 2.44. The number of benzene rings is 7. The van der Waals surface area contributed by atoms with E-state index in [1.165, 1.54) is 76.8 Å². The van der Waals surface area contributed by atoms with Crippen LogP contribution in [-0.2, 0) is 0 Å². The average Bonchev–Trinajstić information content (AvgIpc) is 2.96. The lowest BCUT2D eigenvalue weighted by atomic mass is 9.84. The maximum atomic E-state index is 2.35. The van der Waals surface area contributed by atoms with Gasteiger partial charge in [0.2, 0.25) is 0 Å². The van der Waals surface area contributed by atoms with Crippen LogP contribution in [0.2, 0.25) is 0 Å². The highest BCUT2D eigenvalue weighted by Gasteiger charge is 2.17. The maximum absolute atomic E-state index is 2.35. The summed E-state index contributed by atoms with van der Waals surface area (Å²) < 4.78 is 0. The largest absolute Gasteiger partial charge is 0.0622 e. The molecule has 0 aliphatic rings. The minimum absolute atomic E-state index is 1.24. The molecule has 0 aliphatic heterocycles. The maximum Gasteiger partial charge on any atom is -0.00263 e. The third kappa shape index (κ3) is 3.78. The van der Waals surface area contributed by atoms with Gasteiger partial charge >= 0.3 is 0 Å². The monoisotopic (exact) mass is 484 g/mol. The van der Waals surface area contributed by atoms with Crippen LogP contribution in [0.3, 0.4) is 0 Å². The van der Waals surface area contributed by atoms with Crippen molar-refractivity contribution in [2.45, 2.75) is 13.8 Å². The number of hydrogen-bond acceptors (Lipinski definition) is 0. The Balaban J connectivity index is 1.47. The SMILES string of the molecule is Cc1ccc2c(-c3ccc(-c4ccc5ccccc5c4)cc3)c3cc(C)ccc3c(-c3ccccc3)c2c1. The summed E-state index contributed by atoms with van der Waals surface area (Å²) in [4.78, 5) is 0. The number of fused-ring (bicyclic) bond motifs is 3. The summed E-state index contributed by atoms with van der Waals surface area (Å²) in [5, 5.41) is 7.75. The third-order valence-corrected chi connectivity index (χ3v) is 7.75. The summed E-state index contributed by atoms with van der Waals surface area (Å²) in [6.07, 6.45) is 0. The lowest BCUT2D eigenvalue weighted by Crippen LogP contribution is -1.92. The Bertz CT molecular complexity index is 1960. The molecule has 7 aromatic rings. The summed E-state index contributed by atoms with van der Waals surface area (Å²) in [5.41, 5.74) is 10.2. The molecule has 0 saturated heterocycles. The van der Waals surface area contributed by atoms with Crippen LogP contribution in [0.5, 0.6) is 0 Å². The fraction of sp³-hybridized carbons (Fsp3) is 0.0526. The molecule has 0 atom stereocenters. The Kier molecular flexibility index (Phi) is 5.34. The Morgan fingerprint density at radius 2 is 0.816 bits per heavy atom. The molecule has 180 valence electrons. The van der Waals surface area contributed by atoms with Crippen molar-refractivity contribution in [3.63, 3.8) is 0 Å². The van der Waals surface area contributed by atoms with Crippen LogP contribution in [0.25, 0.3) is 65.7 Å². The van der Waals surface area contributed by atoms with E-state index in [9.17, 15) is 0 Å². The second kappa shape index (κ2) is 9.01. The van der Waals surface area contributed by atoms with Gasteiger partial charge in [0.1, 0.15) is 0 Å². The van der Waals surface area contributed by atoms with Gasteiger partial charge in [-0.15, -0.1) is 0 Å². The molecule has 0 spiro atoms. The molecule has 0 N–H and O–H groups in total. The molecule has 0 heteroatoms. The van der Waals surface area contributed by atoms with E-state index in [1.54, 1.807) is 0 Å². The van der Waals surface area contributed by atoms with Gasteiger partial charge in [-0.3, -0.25) is 0 Å². The van der Waals surface area contributed by atoms with E-state index in [1.807, 2.05) is 0 Å². The molecule has 7 aromatic carbocycles. The van der Waals surface area contributed by atoms with Crippen molar-refractivity contribution in [1.82, 2.24) is 0 Å². The van der Waals surface area contributed by atoms with Gasteiger partial charge < -0.3 is 0 Å². The Hall–Kier alpha value is -4.68. The first kappa shape index (κ1) is 22.5. The third-order valence-electron chi connectivity index (χ3n) is 7.75. The van der Waals surface area contributed by atoms with Gasteiger partial charge in [0.15, 0.2) is 0 Å². The van der Waals surface area contributed by atoms with Crippen molar-refractivity contribution < 1.29 is 0 Å². The molecule has 0 fully saturated rings. The van der Waals surface area contributed by atoms with Gasteiger partial charge in [-0.1, -0.05) is 139 Å². The predicted molar refractivity (Wildman–Crippen MR) is 165 cm³/mol. The van der Waals surface area contributed by atoms with Crippen LogP contribution in [0.1, 0.15) is 11.1 Å². The standard InChI is InChI=1S/C38H28/c1-25-13-21-34-35(22-25)37(29-9-4-3-5-10-29)33-20-12-26(2)23-36(33)38(34)30-17-14-28(15-18-30)32-19-16-27-8-6-7-11-31(27)24-32/h3-24H,1-2H3. The lowest BCUT2D eigenvalue weighted by molar-refractivity contribution is 1.49. The molecular weight excluding hydrogens is 456 g/mol. The van der Waals surface area contributed by atoms with Gasteiger partial charge in [-0.05, 0) is 85.6 Å². The topological polar surface area (TPSA) is 0 Å². The Morgan fingerprint density at radius 3 is 1.45 bits per heavy atom. The van der Waals surface area contributed by atoms with E-state index in [-0.39, 0.29) is 0 Å². The summed E-state index contributed by atoms with van der Waals surface area (Å²) in [5.74, 6) is 0. The molecule has 0 bridgehead atoms. The molecule has 0 unspecified atom stereocenters. The molecule has 0 saturated carbocycles. The van der Waals surface area contributed by atoms with Crippen molar-refractivity contribution in [1.29, 1.82) is 0 Å². The van der Waals surface area contributed by atoms with E-state index in [0.29, 0.717) is 0 Å². The summed E-state index contributed by atoms with van der Waals surface area (Å²) in [6, 6.07) is 49.0. The highest BCUT2D eigenvalue weighted by molar-refractivity contribution is 6.21. The quantitative estimate of drug-likeness (QED) is 0.219. The van der Waals surface area contributed by atoms with Crippen LogP contribution in [0.4, 0.5) is 0 Å². The molecular formula is C38H28. The summed E-state index contributed by atoms with van der Waals surface area (Å²) in [6.45, 7) is 4.37. The molecule has 0 nitrogen and oxygen atoms in total. The minimum atomic E-state index is 1.24. The second-order valence-corrected chi connectivity index (χ2v) is 10.4. The van der Waals surface area contributed by atoms with E-state index < -0.39 is 0 Å². The van der Waals surface area contributed by atoms with Crippen molar-refractivity contribution in [2.24, 2.45) is 0 Å². The molecule has 0 aromatic heterocycles. The fourth-order valence-electron chi connectivity index (χ4n) is 5.88. The van der Waals surface area contributed by atoms with Crippen molar-refractivity contribution >= 4 is 32.3 Å². The first-order chi connectivity index (χ1) is 18.7. The molecule has 38 heavy (non-hydrogen) atoms. The molecule has 0 heterocycles. The number of hydrogen-bond donors (Lipinski definition) is 0. The minimum Gasteiger partial charge on any atom is -0.0622 e. The molecule has 0 radical (unpaired) electrons. The van der Waals surface area contributed by atoms with Crippen LogP contribution in [0.15, 0.2) is 133 Å². The summed E-state index contributed by atoms with van der Waals surface area (Å²) in [7, 11) is 0. The van der Waals surface area contributed by atoms with E-state index in [0.717, 1.165) is 0 Å². The van der Waals surface area contributed by atoms with Crippen molar-refractivity contribution in [3.05, 3.63) is 145 Å². The van der Waals surface area contributed by atoms with Gasteiger partial charge in [-0.25, -0.2) is 0 Å².